The van der Waals surface area contributed by atoms with Crippen LogP contribution in [0.1, 0.15) is 14.5 Å². The van der Waals surface area contributed by atoms with Crippen molar-refractivity contribution in [1.82, 2.24) is 20.2 Å². The number of Topliss-reactive ketones (excluding diaryl/α,β-unsaturated/α-hetero) is 1. The number of ketones is 1. The van der Waals surface area contributed by atoms with Crippen LogP contribution in [0, 0.1) is 6.92 Å². The fraction of sp³-hybridized carbons (Fsp3) is 0.200. The van der Waals surface area contributed by atoms with Crippen molar-refractivity contribution in [2.75, 3.05) is 12.9 Å². The lowest BCUT2D eigenvalue weighted by Crippen LogP contribution is -2.03. The molecule has 0 bridgehead atoms. The summed E-state index contributed by atoms with van der Waals surface area (Å²) in [6.45, 7) is 1.98. The van der Waals surface area contributed by atoms with Crippen LogP contribution in [0.15, 0.2) is 41.6 Å². The third kappa shape index (κ3) is 3.59. The molecule has 0 atom stereocenters. The van der Waals surface area contributed by atoms with E-state index in [1.807, 2.05) is 43.3 Å². The summed E-state index contributed by atoms with van der Waals surface area (Å²) in [6, 6.07) is 11.2. The van der Waals surface area contributed by atoms with Gasteiger partial charge in [0.15, 0.2) is 5.78 Å². The molecule has 0 spiro atoms. The smallest absolute Gasteiger partial charge is 0.214 e. The Bertz CT molecular complexity index is 811. The molecule has 0 radical (unpaired) electrons. The topological polar surface area (TPSA) is 69.9 Å². The summed E-state index contributed by atoms with van der Waals surface area (Å²) in [5.74, 6) is 1.15. The Kier molecular flexibility index (Phi) is 4.73. The number of nitrogens with zero attached hydrogens (tertiary/aromatic N) is 4. The Hall–Kier alpha value is -2.19. The van der Waals surface area contributed by atoms with Crippen LogP contribution in [0.25, 0.3) is 5.69 Å². The first-order valence-electron chi connectivity index (χ1n) is 6.82. The summed E-state index contributed by atoms with van der Waals surface area (Å²) >= 11 is 2.83. The number of aryl methyl sites for hydroxylation is 1. The van der Waals surface area contributed by atoms with Gasteiger partial charge in [-0.05, 0) is 53.7 Å². The zero-order valence-electron chi connectivity index (χ0n) is 12.6. The maximum absolute atomic E-state index is 12.2. The van der Waals surface area contributed by atoms with Crippen molar-refractivity contribution in [3.8, 4) is 11.4 Å². The standard InChI is InChI=1S/C15H14N4O2S2/c1-10-3-8-14(23-10)13(20)9-22-15-16-17-18-19(15)11-4-6-12(21-2)7-5-11/h3-8H,9H2,1-2H3. The van der Waals surface area contributed by atoms with Crippen molar-refractivity contribution in [1.29, 1.82) is 0 Å². The molecule has 0 saturated heterocycles. The number of tetrazole rings is 1. The molecule has 0 aliphatic rings. The highest BCUT2D eigenvalue weighted by Gasteiger charge is 2.14. The molecule has 2 aromatic heterocycles. The maximum atomic E-state index is 12.2. The Morgan fingerprint density at radius 3 is 2.70 bits per heavy atom. The van der Waals surface area contributed by atoms with Crippen molar-refractivity contribution in [2.45, 2.75) is 12.1 Å². The second kappa shape index (κ2) is 6.93. The first-order chi connectivity index (χ1) is 11.2. The fourth-order valence-corrected chi connectivity index (χ4v) is 3.61. The molecule has 2 heterocycles. The van der Waals surface area contributed by atoms with E-state index in [0.717, 1.165) is 21.2 Å². The Labute approximate surface area is 141 Å². The quantitative estimate of drug-likeness (QED) is 0.505. The van der Waals surface area contributed by atoms with Gasteiger partial charge in [-0.1, -0.05) is 11.8 Å². The first-order valence-corrected chi connectivity index (χ1v) is 8.63. The van der Waals surface area contributed by atoms with E-state index in [9.17, 15) is 4.79 Å². The highest BCUT2D eigenvalue weighted by Crippen LogP contribution is 2.23. The van der Waals surface area contributed by atoms with Crippen LogP contribution in [0.5, 0.6) is 5.75 Å². The van der Waals surface area contributed by atoms with Crippen molar-refractivity contribution < 1.29 is 9.53 Å². The van der Waals surface area contributed by atoms with E-state index in [2.05, 4.69) is 15.5 Å². The largest absolute Gasteiger partial charge is 0.497 e. The number of carbonyl (C=O) groups excluding carboxylic acids is 1. The summed E-state index contributed by atoms with van der Waals surface area (Å²) < 4.78 is 6.75. The maximum Gasteiger partial charge on any atom is 0.214 e. The van der Waals surface area contributed by atoms with E-state index in [4.69, 9.17) is 4.74 Å². The molecule has 8 heteroatoms. The van der Waals surface area contributed by atoms with Gasteiger partial charge in [-0.3, -0.25) is 4.79 Å². The highest BCUT2D eigenvalue weighted by molar-refractivity contribution is 7.99. The van der Waals surface area contributed by atoms with Gasteiger partial charge in [-0.2, -0.15) is 4.68 Å². The van der Waals surface area contributed by atoms with Gasteiger partial charge < -0.3 is 4.74 Å². The Morgan fingerprint density at radius 2 is 2.04 bits per heavy atom. The second-order valence-electron chi connectivity index (χ2n) is 4.69. The molecule has 1 aromatic carbocycles. The van der Waals surface area contributed by atoms with Crippen LogP contribution >= 0.6 is 23.1 Å². The first kappa shape index (κ1) is 15.7. The van der Waals surface area contributed by atoms with Crippen molar-refractivity contribution in [3.05, 3.63) is 46.2 Å². The predicted octanol–water partition coefficient (Wildman–Crippen LogP) is 3.02. The molecule has 23 heavy (non-hydrogen) atoms. The molecule has 3 rings (SSSR count). The summed E-state index contributed by atoms with van der Waals surface area (Å²) in [4.78, 5) is 14.1. The van der Waals surface area contributed by atoms with Crippen LogP contribution < -0.4 is 4.74 Å². The van der Waals surface area contributed by atoms with E-state index in [1.165, 1.54) is 23.1 Å². The third-order valence-corrected chi connectivity index (χ3v) is 5.07. The van der Waals surface area contributed by atoms with E-state index in [1.54, 1.807) is 11.8 Å². The summed E-state index contributed by atoms with van der Waals surface area (Å²) in [7, 11) is 1.62. The molecule has 118 valence electrons. The lowest BCUT2D eigenvalue weighted by Gasteiger charge is -2.05. The lowest BCUT2D eigenvalue weighted by molar-refractivity contribution is 0.102. The molecule has 0 fully saturated rings. The van der Waals surface area contributed by atoms with Crippen LogP contribution in [0.2, 0.25) is 0 Å². The molecule has 6 nitrogen and oxygen atoms in total. The van der Waals surface area contributed by atoms with Crippen molar-refractivity contribution in [2.24, 2.45) is 0 Å². The van der Waals surface area contributed by atoms with Crippen LogP contribution in [0.3, 0.4) is 0 Å². The van der Waals surface area contributed by atoms with E-state index >= 15 is 0 Å². The number of thioether (sulfide) groups is 1. The summed E-state index contributed by atoms with van der Waals surface area (Å²) in [5.41, 5.74) is 0.817. The molecule has 0 aliphatic carbocycles. The molecule has 0 unspecified atom stereocenters. The normalized spacial score (nSPS) is 10.7. The van der Waals surface area contributed by atoms with Gasteiger partial charge in [-0.15, -0.1) is 16.4 Å². The zero-order valence-corrected chi connectivity index (χ0v) is 14.2. The zero-order chi connectivity index (χ0) is 16.2. The molecule has 0 aliphatic heterocycles. The van der Waals surface area contributed by atoms with Crippen molar-refractivity contribution in [3.63, 3.8) is 0 Å². The molecule has 3 aromatic rings. The third-order valence-electron chi connectivity index (χ3n) is 3.11. The lowest BCUT2D eigenvalue weighted by atomic mass is 10.3. The summed E-state index contributed by atoms with van der Waals surface area (Å²) in [6.07, 6.45) is 0. The van der Waals surface area contributed by atoms with E-state index in [-0.39, 0.29) is 5.78 Å². The van der Waals surface area contributed by atoms with E-state index in [0.29, 0.717) is 10.9 Å². The number of aromatic nitrogens is 4. The Balaban J connectivity index is 1.72. The van der Waals surface area contributed by atoms with Crippen LogP contribution in [-0.2, 0) is 0 Å². The van der Waals surface area contributed by atoms with E-state index < -0.39 is 0 Å². The predicted molar refractivity (Wildman–Crippen MR) is 89.8 cm³/mol. The Morgan fingerprint density at radius 1 is 1.26 bits per heavy atom. The van der Waals surface area contributed by atoms with Gasteiger partial charge >= 0.3 is 0 Å². The van der Waals surface area contributed by atoms with Gasteiger partial charge in [0.2, 0.25) is 5.16 Å². The SMILES string of the molecule is COc1ccc(-n2nnnc2SCC(=O)c2ccc(C)s2)cc1. The molecular weight excluding hydrogens is 332 g/mol. The number of hydrogen-bond donors (Lipinski definition) is 0. The minimum Gasteiger partial charge on any atom is -0.497 e. The minimum atomic E-state index is 0.0809. The van der Waals surface area contributed by atoms with Gasteiger partial charge in [0.25, 0.3) is 0 Å². The molecular formula is C15H14N4O2S2. The number of ether oxygens (including phenoxy) is 1. The number of thiophene rings is 1. The van der Waals surface area contributed by atoms with Gasteiger partial charge in [-0.25, -0.2) is 0 Å². The molecule has 0 amide bonds. The van der Waals surface area contributed by atoms with Gasteiger partial charge in [0.05, 0.1) is 23.4 Å². The monoisotopic (exact) mass is 346 g/mol. The average Bonchev–Trinajstić information content (AvgIpc) is 3.21. The molecule has 0 N–H and O–H groups in total. The average molecular weight is 346 g/mol. The van der Waals surface area contributed by atoms with Crippen LogP contribution in [-0.4, -0.2) is 38.9 Å². The van der Waals surface area contributed by atoms with Crippen molar-refractivity contribution >= 4 is 28.9 Å². The number of hydrogen-bond acceptors (Lipinski definition) is 7. The fourth-order valence-electron chi connectivity index (χ4n) is 1.94. The van der Waals surface area contributed by atoms with Crippen LogP contribution in [0.4, 0.5) is 0 Å². The van der Waals surface area contributed by atoms with Gasteiger partial charge in [0.1, 0.15) is 5.75 Å². The number of rotatable bonds is 6. The highest BCUT2D eigenvalue weighted by atomic mass is 32.2. The number of benzene rings is 1. The summed E-state index contributed by atoms with van der Waals surface area (Å²) in [5, 5.41) is 12.3. The second-order valence-corrected chi connectivity index (χ2v) is 6.92. The molecule has 0 saturated carbocycles. The van der Waals surface area contributed by atoms with Gasteiger partial charge in [0, 0.05) is 4.88 Å². The number of carbonyl (C=O) groups is 1. The number of methoxy groups -OCH3 is 1. The minimum absolute atomic E-state index is 0.0809.